The molecule has 5 N–H and O–H groups in total. The Kier molecular flexibility index (Phi) is 32.0. The second kappa shape index (κ2) is 35.2. The van der Waals surface area contributed by atoms with E-state index in [0.717, 1.165) is 38.5 Å². The van der Waals surface area contributed by atoms with Crippen LogP contribution in [0.25, 0.3) is 0 Å². The summed E-state index contributed by atoms with van der Waals surface area (Å²) in [5.74, 6) is -2.96. The number of hydrogen-bond acceptors (Lipinski definition) is 11. The summed E-state index contributed by atoms with van der Waals surface area (Å²) in [7, 11) is -4.79. The van der Waals surface area contributed by atoms with Gasteiger partial charge in [-0.3, -0.25) is 28.2 Å². The minimum Gasteiger partial charge on any atom is -0.480 e. The summed E-state index contributed by atoms with van der Waals surface area (Å²) < 4.78 is 32.6. The molecule has 6 atom stereocenters. The molecule has 0 radical (unpaired) electrons. The zero-order valence-corrected chi connectivity index (χ0v) is 37.0. The number of phosphoric ester groups is 1. The number of ether oxygens (including phenoxy) is 2. The van der Waals surface area contributed by atoms with Crippen LogP contribution < -0.4 is 5.73 Å². The lowest BCUT2D eigenvalue weighted by Crippen LogP contribution is -2.34. The minimum atomic E-state index is -4.79. The molecule has 0 bridgehead atoms. The van der Waals surface area contributed by atoms with Crippen molar-refractivity contribution >= 4 is 31.5 Å². The molecule has 0 fully saturated rings. The van der Waals surface area contributed by atoms with Crippen LogP contribution >= 0.6 is 7.82 Å². The van der Waals surface area contributed by atoms with E-state index in [-0.39, 0.29) is 30.5 Å². The number of esters is 2. The maximum absolute atomic E-state index is 12.7. The number of rotatable bonds is 37. The first-order valence-corrected chi connectivity index (χ1v) is 23.5. The number of allylic oxidation sites excluding steroid dienone is 11. The molecule has 340 valence electrons. The van der Waals surface area contributed by atoms with Crippen LogP contribution in [0.3, 0.4) is 0 Å². The van der Waals surface area contributed by atoms with Crippen LogP contribution in [-0.2, 0) is 42.3 Å². The van der Waals surface area contributed by atoms with Crippen molar-refractivity contribution in [2.45, 2.75) is 161 Å². The molecule has 0 spiro atoms. The number of carbonyl (C=O) groups excluding carboxylic acids is 3. The van der Waals surface area contributed by atoms with E-state index in [0.29, 0.717) is 38.5 Å². The van der Waals surface area contributed by atoms with Crippen molar-refractivity contribution in [1.29, 1.82) is 0 Å². The molecular formula is C46H74NO12P. The molecule has 0 amide bonds. The molecule has 13 nitrogen and oxygen atoms in total. The maximum atomic E-state index is 12.7. The highest BCUT2D eigenvalue weighted by molar-refractivity contribution is 7.47. The molecule has 0 aromatic rings. The van der Waals surface area contributed by atoms with Gasteiger partial charge in [0.1, 0.15) is 12.6 Å². The number of aliphatic hydroxyl groups is 1. The number of aliphatic carboxylic acids is 1. The largest absolute Gasteiger partial charge is 0.480 e. The van der Waals surface area contributed by atoms with Gasteiger partial charge in [-0.2, -0.15) is 0 Å². The molecule has 0 heterocycles. The SMILES string of the molecule is CCCCCCCC/C=C\C/C=C\C/C=C\CCCC(=O)OC[C@H](COP(=O)(O)OC[C@H](N)C(=O)O)OC(=O)CCC/C=C\C[C@H]1C=CC(=O)[C@@H]1/C=C/[C@@H](O)CCCCC. The number of hydrogen-bond donors (Lipinski definition) is 4. The van der Waals surface area contributed by atoms with Crippen LogP contribution in [0.5, 0.6) is 0 Å². The monoisotopic (exact) mass is 863 g/mol. The number of unbranched alkanes of at least 4 members (excludes halogenated alkanes) is 10. The van der Waals surface area contributed by atoms with Gasteiger partial charge in [0.05, 0.1) is 19.3 Å². The summed E-state index contributed by atoms with van der Waals surface area (Å²) in [6.45, 7) is 2.42. The van der Waals surface area contributed by atoms with Gasteiger partial charge in [-0.1, -0.05) is 132 Å². The minimum absolute atomic E-state index is 0.00385. The molecule has 1 aliphatic rings. The average Bonchev–Trinajstić information content (AvgIpc) is 3.57. The van der Waals surface area contributed by atoms with Crippen LogP contribution in [-0.4, -0.2) is 76.9 Å². The number of carboxylic acids is 1. The highest BCUT2D eigenvalue weighted by Crippen LogP contribution is 2.43. The van der Waals surface area contributed by atoms with Crippen molar-refractivity contribution in [3.05, 3.63) is 72.9 Å². The Morgan fingerprint density at radius 1 is 0.767 bits per heavy atom. The van der Waals surface area contributed by atoms with Crippen molar-refractivity contribution in [3.8, 4) is 0 Å². The van der Waals surface area contributed by atoms with Gasteiger partial charge < -0.3 is 30.3 Å². The van der Waals surface area contributed by atoms with E-state index in [2.05, 4.69) is 42.7 Å². The third kappa shape index (κ3) is 29.7. The fourth-order valence-electron chi connectivity index (χ4n) is 6.07. The Hall–Kier alpha value is -3.45. The summed E-state index contributed by atoms with van der Waals surface area (Å²) in [5.41, 5.74) is 5.33. The van der Waals surface area contributed by atoms with Crippen molar-refractivity contribution in [3.63, 3.8) is 0 Å². The standard InChI is InChI=1S/C46H74NO12P/c1-3-5-7-8-9-10-11-12-13-14-15-16-17-18-19-20-25-29-44(50)56-35-40(36-57-60(54,55)58-37-42(47)46(52)53)59-45(51)30-26-22-21-24-27-38-31-34-43(49)41(38)33-32-39(48)28-23-6-4-2/h12-13,15-16,18-19,21,24,31-34,38-42,48H,3-11,14,17,20,22-23,25-30,35-37,47H2,1-2H3,(H,52,53)(H,54,55)/b13-12-,16-15-,19-18-,24-21-,33-32+/t38-,39-,40+,41+,42-/m0/s1. The third-order valence-corrected chi connectivity index (χ3v) is 10.6. The lowest BCUT2D eigenvalue weighted by atomic mass is 9.90. The maximum Gasteiger partial charge on any atom is 0.472 e. The van der Waals surface area contributed by atoms with E-state index >= 15 is 0 Å². The predicted molar refractivity (Wildman–Crippen MR) is 235 cm³/mol. The molecule has 1 unspecified atom stereocenters. The van der Waals surface area contributed by atoms with Crippen molar-refractivity contribution in [2.75, 3.05) is 19.8 Å². The van der Waals surface area contributed by atoms with E-state index < -0.39 is 63.8 Å². The van der Waals surface area contributed by atoms with Crippen molar-refractivity contribution < 1.29 is 57.4 Å². The number of aliphatic hydroxyl groups excluding tert-OH is 1. The highest BCUT2D eigenvalue weighted by atomic mass is 31.2. The lowest BCUT2D eigenvalue weighted by molar-refractivity contribution is -0.161. The molecular weight excluding hydrogens is 789 g/mol. The Balaban J connectivity index is 2.51. The van der Waals surface area contributed by atoms with Gasteiger partial charge in [0.15, 0.2) is 11.9 Å². The Bertz CT molecular complexity index is 1440. The van der Waals surface area contributed by atoms with Crippen LogP contribution in [0.15, 0.2) is 72.9 Å². The summed E-state index contributed by atoms with van der Waals surface area (Å²) in [6.07, 6.45) is 39.0. The van der Waals surface area contributed by atoms with Crippen LogP contribution in [0.1, 0.15) is 142 Å². The highest BCUT2D eigenvalue weighted by Gasteiger charge is 2.29. The zero-order valence-electron chi connectivity index (χ0n) is 36.1. The Morgan fingerprint density at radius 3 is 2.00 bits per heavy atom. The molecule has 14 heteroatoms. The molecule has 0 aliphatic heterocycles. The summed E-state index contributed by atoms with van der Waals surface area (Å²) >= 11 is 0. The van der Waals surface area contributed by atoms with Gasteiger partial charge in [0.25, 0.3) is 0 Å². The number of phosphoric acid groups is 1. The average molecular weight is 864 g/mol. The second-order valence-electron chi connectivity index (χ2n) is 15.1. The second-order valence-corrected chi connectivity index (χ2v) is 16.6. The van der Waals surface area contributed by atoms with Crippen LogP contribution in [0, 0.1) is 11.8 Å². The van der Waals surface area contributed by atoms with E-state index in [1.807, 2.05) is 30.4 Å². The zero-order chi connectivity index (χ0) is 44.3. The molecule has 0 saturated carbocycles. The van der Waals surface area contributed by atoms with Crippen LogP contribution in [0.4, 0.5) is 0 Å². The topological polar surface area (TPSA) is 209 Å². The quantitative estimate of drug-likeness (QED) is 0.0199. The first-order valence-electron chi connectivity index (χ1n) is 22.0. The molecule has 0 saturated heterocycles. The van der Waals surface area contributed by atoms with Crippen LogP contribution in [0.2, 0.25) is 0 Å². The van der Waals surface area contributed by atoms with E-state index in [1.54, 1.807) is 18.2 Å². The van der Waals surface area contributed by atoms with Crippen molar-refractivity contribution in [2.24, 2.45) is 17.6 Å². The normalized spacial score (nSPS) is 18.3. The number of nitrogens with two attached hydrogens (primary N) is 1. The number of ketones is 1. The molecule has 60 heavy (non-hydrogen) atoms. The summed E-state index contributed by atoms with van der Waals surface area (Å²) in [5, 5.41) is 19.1. The van der Waals surface area contributed by atoms with Gasteiger partial charge in [-0.15, -0.1) is 0 Å². The number of carbonyl (C=O) groups is 4. The Morgan fingerprint density at radius 2 is 1.33 bits per heavy atom. The van der Waals surface area contributed by atoms with Crippen molar-refractivity contribution in [1.82, 2.24) is 0 Å². The molecule has 0 aromatic carbocycles. The van der Waals surface area contributed by atoms with Gasteiger partial charge >= 0.3 is 25.7 Å². The first-order chi connectivity index (χ1) is 28.9. The molecule has 0 aromatic heterocycles. The predicted octanol–water partition coefficient (Wildman–Crippen LogP) is 9.34. The van der Waals surface area contributed by atoms with E-state index in [4.69, 9.17) is 24.8 Å². The fourth-order valence-corrected chi connectivity index (χ4v) is 6.85. The van der Waals surface area contributed by atoms with Gasteiger partial charge in [0.2, 0.25) is 0 Å². The number of carboxylic acid groups (broad SMARTS) is 1. The summed E-state index contributed by atoms with van der Waals surface area (Å²) in [4.78, 5) is 58.5. The van der Waals surface area contributed by atoms with Gasteiger partial charge in [-0.25, -0.2) is 4.57 Å². The summed E-state index contributed by atoms with van der Waals surface area (Å²) in [6, 6.07) is -1.56. The lowest BCUT2D eigenvalue weighted by Gasteiger charge is -2.20. The van der Waals surface area contributed by atoms with E-state index in [1.165, 1.54) is 38.5 Å². The third-order valence-electron chi connectivity index (χ3n) is 9.67. The molecule has 1 rings (SSSR count). The molecule has 1 aliphatic carbocycles. The smallest absolute Gasteiger partial charge is 0.472 e. The van der Waals surface area contributed by atoms with E-state index in [9.17, 15) is 33.7 Å². The Labute approximate surface area is 358 Å². The fraction of sp³-hybridized carbons (Fsp3) is 0.652. The first kappa shape index (κ1) is 54.6. The van der Waals surface area contributed by atoms with Gasteiger partial charge in [0, 0.05) is 18.8 Å². The van der Waals surface area contributed by atoms with Gasteiger partial charge in [-0.05, 0) is 76.2 Å².